The summed E-state index contributed by atoms with van der Waals surface area (Å²) in [5, 5.41) is 3.97. The van der Waals surface area contributed by atoms with Crippen LogP contribution in [0.5, 0.6) is 0 Å². The second-order valence-corrected chi connectivity index (χ2v) is 5.36. The van der Waals surface area contributed by atoms with Crippen molar-refractivity contribution in [3.05, 3.63) is 71.9 Å². The van der Waals surface area contributed by atoms with Gasteiger partial charge in [-0.25, -0.2) is 0 Å². The average molecular weight is 290 g/mol. The summed E-state index contributed by atoms with van der Waals surface area (Å²) in [5.74, 6) is 0.0249. The normalized spacial score (nSPS) is 10.6. The van der Waals surface area contributed by atoms with E-state index in [0.717, 1.165) is 28.7 Å². The smallest absolute Gasteiger partial charge is 0.224 e. The van der Waals surface area contributed by atoms with Crippen LogP contribution in [0.25, 0.3) is 10.9 Å². The van der Waals surface area contributed by atoms with E-state index in [0.29, 0.717) is 6.42 Å². The third-order valence-corrected chi connectivity index (χ3v) is 3.63. The zero-order valence-corrected chi connectivity index (χ0v) is 12.5. The Hall–Kier alpha value is -2.68. The number of aromatic nitrogens is 1. The van der Waals surface area contributed by atoms with Crippen LogP contribution in [0, 0.1) is 6.92 Å². The maximum absolute atomic E-state index is 12.2. The van der Waals surface area contributed by atoms with Crippen LogP contribution in [0.3, 0.4) is 0 Å². The number of carbonyl (C=O) groups is 1. The van der Waals surface area contributed by atoms with Crippen molar-refractivity contribution in [2.45, 2.75) is 19.8 Å². The molecule has 0 atom stereocenters. The van der Waals surface area contributed by atoms with Gasteiger partial charge in [-0.15, -0.1) is 0 Å². The van der Waals surface area contributed by atoms with Crippen molar-refractivity contribution in [3.8, 4) is 0 Å². The third kappa shape index (κ3) is 3.31. The Kier molecular flexibility index (Phi) is 4.15. The largest absolute Gasteiger partial charge is 0.325 e. The number of fused-ring (bicyclic) bond motifs is 1. The van der Waals surface area contributed by atoms with Gasteiger partial charge in [0.2, 0.25) is 5.91 Å². The summed E-state index contributed by atoms with van der Waals surface area (Å²) < 4.78 is 0. The minimum absolute atomic E-state index is 0.0249. The summed E-state index contributed by atoms with van der Waals surface area (Å²) in [6.45, 7) is 1.96. The highest BCUT2D eigenvalue weighted by molar-refractivity contribution is 6.01. The number of nitrogens with one attached hydrogen (secondary N) is 1. The lowest BCUT2D eigenvalue weighted by atomic mass is 10.1. The van der Waals surface area contributed by atoms with E-state index < -0.39 is 0 Å². The molecular weight excluding hydrogens is 272 g/mol. The fourth-order valence-electron chi connectivity index (χ4n) is 2.48. The zero-order valence-electron chi connectivity index (χ0n) is 12.5. The van der Waals surface area contributed by atoms with Crippen LogP contribution in [0.15, 0.2) is 60.7 Å². The van der Waals surface area contributed by atoms with E-state index in [1.807, 2.05) is 67.6 Å². The Balaban J connectivity index is 1.71. The summed E-state index contributed by atoms with van der Waals surface area (Å²) in [5.41, 5.74) is 3.87. The van der Waals surface area contributed by atoms with Gasteiger partial charge in [-0.3, -0.25) is 9.78 Å². The van der Waals surface area contributed by atoms with Gasteiger partial charge in [-0.05, 0) is 43.2 Å². The molecular formula is C19H18N2O. The van der Waals surface area contributed by atoms with Crippen molar-refractivity contribution in [2.75, 3.05) is 5.32 Å². The van der Waals surface area contributed by atoms with E-state index >= 15 is 0 Å². The molecule has 0 radical (unpaired) electrons. The van der Waals surface area contributed by atoms with Gasteiger partial charge in [-0.1, -0.05) is 36.4 Å². The van der Waals surface area contributed by atoms with Crippen LogP contribution < -0.4 is 5.32 Å². The molecule has 1 amide bonds. The van der Waals surface area contributed by atoms with Crippen molar-refractivity contribution >= 4 is 22.5 Å². The summed E-state index contributed by atoms with van der Waals surface area (Å²) >= 11 is 0. The molecule has 110 valence electrons. The first-order chi connectivity index (χ1) is 10.7. The number of pyridine rings is 1. The van der Waals surface area contributed by atoms with Gasteiger partial charge in [0.05, 0.1) is 11.2 Å². The SMILES string of the molecule is Cc1ccc2c(NC(=O)CCc3ccccc3)cccc2n1. The molecule has 1 heterocycles. The number of anilines is 1. The topological polar surface area (TPSA) is 42.0 Å². The first-order valence-corrected chi connectivity index (χ1v) is 7.42. The van der Waals surface area contributed by atoms with E-state index in [1.54, 1.807) is 0 Å². The molecule has 0 unspecified atom stereocenters. The minimum Gasteiger partial charge on any atom is -0.325 e. The van der Waals surface area contributed by atoms with E-state index in [-0.39, 0.29) is 5.91 Å². The molecule has 3 nitrogen and oxygen atoms in total. The lowest BCUT2D eigenvalue weighted by Crippen LogP contribution is -2.12. The molecule has 3 heteroatoms. The van der Waals surface area contributed by atoms with E-state index in [1.165, 1.54) is 5.56 Å². The Morgan fingerprint density at radius 1 is 1.00 bits per heavy atom. The number of hydrogen-bond donors (Lipinski definition) is 1. The van der Waals surface area contributed by atoms with Crippen molar-refractivity contribution in [2.24, 2.45) is 0 Å². The van der Waals surface area contributed by atoms with Crippen molar-refractivity contribution in [1.29, 1.82) is 0 Å². The quantitative estimate of drug-likeness (QED) is 0.785. The van der Waals surface area contributed by atoms with Crippen molar-refractivity contribution in [3.63, 3.8) is 0 Å². The molecule has 0 spiro atoms. The predicted octanol–water partition coefficient (Wildman–Crippen LogP) is 4.11. The number of hydrogen-bond acceptors (Lipinski definition) is 2. The number of rotatable bonds is 4. The fraction of sp³-hybridized carbons (Fsp3) is 0.158. The highest BCUT2D eigenvalue weighted by atomic mass is 16.1. The molecule has 2 aromatic carbocycles. The molecule has 0 aliphatic rings. The van der Waals surface area contributed by atoms with Gasteiger partial charge < -0.3 is 5.32 Å². The maximum atomic E-state index is 12.2. The van der Waals surface area contributed by atoms with Crippen LogP contribution in [0.1, 0.15) is 17.7 Å². The van der Waals surface area contributed by atoms with Crippen molar-refractivity contribution in [1.82, 2.24) is 4.98 Å². The van der Waals surface area contributed by atoms with Crippen LogP contribution in [-0.2, 0) is 11.2 Å². The molecule has 0 aliphatic heterocycles. The van der Waals surface area contributed by atoms with Crippen LogP contribution >= 0.6 is 0 Å². The summed E-state index contributed by atoms with van der Waals surface area (Å²) in [7, 11) is 0. The molecule has 0 saturated carbocycles. The monoisotopic (exact) mass is 290 g/mol. The molecule has 22 heavy (non-hydrogen) atoms. The Bertz CT molecular complexity index is 797. The second-order valence-electron chi connectivity index (χ2n) is 5.36. The minimum atomic E-state index is 0.0249. The highest BCUT2D eigenvalue weighted by Gasteiger charge is 2.07. The van der Waals surface area contributed by atoms with Crippen molar-refractivity contribution < 1.29 is 4.79 Å². The Morgan fingerprint density at radius 2 is 1.82 bits per heavy atom. The van der Waals surface area contributed by atoms with Gasteiger partial charge in [-0.2, -0.15) is 0 Å². The fourth-order valence-corrected chi connectivity index (χ4v) is 2.48. The third-order valence-electron chi connectivity index (χ3n) is 3.63. The number of nitrogens with zero attached hydrogens (tertiary/aromatic N) is 1. The van der Waals surface area contributed by atoms with Gasteiger partial charge in [0.1, 0.15) is 0 Å². The molecule has 3 aromatic rings. The van der Waals surface area contributed by atoms with Gasteiger partial charge >= 0.3 is 0 Å². The zero-order chi connectivity index (χ0) is 15.4. The van der Waals surface area contributed by atoms with E-state index in [2.05, 4.69) is 10.3 Å². The predicted molar refractivity (Wildman–Crippen MR) is 89.9 cm³/mol. The molecule has 3 rings (SSSR count). The average Bonchev–Trinajstić information content (AvgIpc) is 2.54. The second kappa shape index (κ2) is 6.39. The Morgan fingerprint density at radius 3 is 2.64 bits per heavy atom. The summed E-state index contributed by atoms with van der Waals surface area (Å²) in [4.78, 5) is 16.7. The standard InChI is InChI=1S/C19H18N2O/c1-14-10-12-16-17(20-14)8-5-9-18(16)21-19(22)13-11-15-6-3-2-4-7-15/h2-10,12H,11,13H2,1H3,(H,21,22). The van der Waals surface area contributed by atoms with Gasteiger partial charge in [0.15, 0.2) is 0 Å². The van der Waals surface area contributed by atoms with Gasteiger partial charge in [0.25, 0.3) is 0 Å². The van der Waals surface area contributed by atoms with Gasteiger partial charge in [0, 0.05) is 17.5 Å². The summed E-state index contributed by atoms with van der Waals surface area (Å²) in [6.07, 6.45) is 1.22. The highest BCUT2D eigenvalue weighted by Crippen LogP contribution is 2.22. The number of amides is 1. The van der Waals surface area contributed by atoms with Crippen LogP contribution in [-0.4, -0.2) is 10.9 Å². The van der Waals surface area contributed by atoms with E-state index in [9.17, 15) is 4.79 Å². The molecule has 0 aliphatic carbocycles. The first-order valence-electron chi connectivity index (χ1n) is 7.42. The Labute approximate surface area is 130 Å². The molecule has 0 fully saturated rings. The first kappa shape index (κ1) is 14.3. The van der Waals surface area contributed by atoms with Crippen LogP contribution in [0.4, 0.5) is 5.69 Å². The molecule has 1 aromatic heterocycles. The molecule has 0 bridgehead atoms. The lowest BCUT2D eigenvalue weighted by molar-refractivity contribution is -0.116. The van der Waals surface area contributed by atoms with Crippen LogP contribution in [0.2, 0.25) is 0 Å². The maximum Gasteiger partial charge on any atom is 0.224 e. The number of benzene rings is 2. The number of aryl methyl sites for hydroxylation is 2. The number of carbonyl (C=O) groups excluding carboxylic acids is 1. The molecule has 1 N–H and O–H groups in total. The lowest BCUT2D eigenvalue weighted by Gasteiger charge is -2.09. The van der Waals surface area contributed by atoms with E-state index in [4.69, 9.17) is 0 Å². The molecule has 0 saturated heterocycles. The summed E-state index contributed by atoms with van der Waals surface area (Å²) in [6, 6.07) is 19.8.